The Morgan fingerprint density at radius 1 is 1.35 bits per heavy atom. The summed E-state index contributed by atoms with van der Waals surface area (Å²) in [7, 11) is 0. The zero-order valence-corrected chi connectivity index (χ0v) is 10.8. The number of nitrogens with zero attached hydrogens (tertiary/aromatic N) is 1. The summed E-state index contributed by atoms with van der Waals surface area (Å²) in [5.74, 6) is -2.67. The third-order valence-electron chi connectivity index (χ3n) is 2.57. The second-order valence-electron chi connectivity index (χ2n) is 4.72. The van der Waals surface area contributed by atoms with E-state index in [0.717, 1.165) is 18.2 Å². The lowest BCUT2D eigenvalue weighted by atomic mass is 9.95. The lowest BCUT2D eigenvalue weighted by Gasteiger charge is -2.19. The minimum atomic E-state index is -1.26. The number of aromatic carboxylic acids is 1. The topological polar surface area (TPSA) is 127 Å². The average molecular weight is 283 g/mol. The Morgan fingerprint density at radius 3 is 2.40 bits per heavy atom. The van der Waals surface area contributed by atoms with Crippen molar-refractivity contribution >= 4 is 17.6 Å². The van der Waals surface area contributed by atoms with Crippen LogP contribution in [0.25, 0.3) is 0 Å². The Morgan fingerprint density at radius 2 is 1.95 bits per heavy atom. The molecular formula is C12H13NO7. The van der Waals surface area contributed by atoms with Crippen LogP contribution in [0.15, 0.2) is 18.2 Å². The first-order valence-electron chi connectivity index (χ1n) is 5.53. The van der Waals surface area contributed by atoms with Gasteiger partial charge in [-0.2, -0.15) is 0 Å². The number of hydrogen-bond donors (Lipinski definition) is 2. The average Bonchev–Trinajstić information content (AvgIpc) is 2.35. The zero-order chi connectivity index (χ0) is 15.5. The van der Waals surface area contributed by atoms with Crippen LogP contribution < -0.4 is 4.74 Å². The molecule has 8 nitrogen and oxygen atoms in total. The number of nitro benzene ring substituents is 1. The van der Waals surface area contributed by atoms with E-state index >= 15 is 0 Å². The quantitative estimate of drug-likeness (QED) is 0.601. The molecule has 8 heteroatoms. The number of aliphatic carboxylic acids is 1. The maximum Gasteiger partial charge on any atom is 0.335 e. The van der Waals surface area contributed by atoms with Gasteiger partial charge in [0.05, 0.1) is 15.9 Å². The summed E-state index contributed by atoms with van der Waals surface area (Å²) in [5, 5.41) is 28.6. The van der Waals surface area contributed by atoms with Crippen LogP contribution in [0, 0.1) is 15.5 Å². The molecule has 0 radical (unpaired) electrons. The summed E-state index contributed by atoms with van der Waals surface area (Å²) < 4.78 is 5.13. The number of ether oxygens (including phenoxy) is 1. The fourth-order valence-electron chi connectivity index (χ4n) is 1.23. The molecule has 0 bridgehead atoms. The van der Waals surface area contributed by atoms with E-state index in [9.17, 15) is 19.7 Å². The molecule has 0 amide bonds. The van der Waals surface area contributed by atoms with Gasteiger partial charge in [0.2, 0.25) is 0 Å². The number of benzene rings is 1. The van der Waals surface area contributed by atoms with Crippen molar-refractivity contribution in [1.82, 2.24) is 0 Å². The van der Waals surface area contributed by atoms with E-state index in [0.29, 0.717) is 0 Å². The maximum absolute atomic E-state index is 10.9. The molecule has 20 heavy (non-hydrogen) atoms. The molecular weight excluding hydrogens is 270 g/mol. The standard InChI is InChI=1S/C12H13NO7/c1-12(2,11(16)17)6-20-9-5-7(10(14)15)3-4-8(9)13(18)19/h3-5H,6H2,1-2H3,(H,14,15)(H,16,17). The molecule has 0 saturated heterocycles. The first-order chi connectivity index (χ1) is 9.15. The van der Waals surface area contributed by atoms with E-state index < -0.39 is 28.0 Å². The first kappa shape index (κ1) is 15.4. The summed E-state index contributed by atoms with van der Waals surface area (Å²) in [6.45, 7) is 2.46. The SMILES string of the molecule is CC(C)(COc1cc(C(=O)O)ccc1[N+](=O)[O-])C(=O)O. The predicted octanol–water partition coefficient (Wildman–Crippen LogP) is 1.78. The lowest BCUT2D eigenvalue weighted by molar-refractivity contribution is -0.386. The van der Waals surface area contributed by atoms with Crippen molar-refractivity contribution in [3.63, 3.8) is 0 Å². The van der Waals surface area contributed by atoms with Crippen LogP contribution in [0.3, 0.4) is 0 Å². The predicted molar refractivity (Wildman–Crippen MR) is 67.0 cm³/mol. The van der Waals surface area contributed by atoms with E-state index in [1.807, 2.05) is 0 Å². The highest BCUT2D eigenvalue weighted by molar-refractivity contribution is 5.88. The van der Waals surface area contributed by atoms with Gasteiger partial charge >= 0.3 is 17.6 Å². The van der Waals surface area contributed by atoms with Crippen molar-refractivity contribution in [2.75, 3.05) is 6.61 Å². The van der Waals surface area contributed by atoms with Crippen LogP contribution in [0.1, 0.15) is 24.2 Å². The molecule has 0 unspecified atom stereocenters. The second kappa shape index (κ2) is 5.55. The summed E-state index contributed by atoms with van der Waals surface area (Å²) in [6, 6.07) is 3.08. The Labute approximate surface area is 113 Å². The highest BCUT2D eigenvalue weighted by Gasteiger charge is 2.29. The molecule has 1 rings (SSSR count). The largest absolute Gasteiger partial charge is 0.486 e. The molecule has 0 aliphatic carbocycles. The third kappa shape index (κ3) is 3.44. The van der Waals surface area contributed by atoms with Crippen molar-refractivity contribution in [3.8, 4) is 5.75 Å². The molecule has 1 aromatic rings. The van der Waals surface area contributed by atoms with Crippen LogP contribution in [0.5, 0.6) is 5.75 Å². The molecule has 0 aliphatic heterocycles. The summed E-state index contributed by atoms with van der Waals surface area (Å²) in [5.41, 5.74) is -1.86. The fraction of sp³-hybridized carbons (Fsp3) is 0.333. The molecule has 1 aromatic carbocycles. The van der Waals surface area contributed by atoms with Crippen LogP contribution in [0.4, 0.5) is 5.69 Å². The molecule has 0 aliphatic rings. The Kier molecular flexibility index (Phi) is 4.28. The Hall–Kier alpha value is -2.64. The van der Waals surface area contributed by atoms with Gasteiger partial charge in [-0.25, -0.2) is 4.79 Å². The van der Waals surface area contributed by atoms with E-state index in [4.69, 9.17) is 14.9 Å². The zero-order valence-electron chi connectivity index (χ0n) is 10.8. The van der Waals surface area contributed by atoms with Gasteiger partial charge in [0.1, 0.15) is 6.61 Å². The highest BCUT2D eigenvalue weighted by atomic mass is 16.6. The minimum absolute atomic E-state index is 0.182. The van der Waals surface area contributed by atoms with Crippen LogP contribution in [-0.2, 0) is 4.79 Å². The van der Waals surface area contributed by atoms with Crippen molar-refractivity contribution in [2.45, 2.75) is 13.8 Å². The van der Waals surface area contributed by atoms with Crippen LogP contribution in [-0.4, -0.2) is 33.7 Å². The van der Waals surface area contributed by atoms with E-state index in [1.165, 1.54) is 13.8 Å². The lowest BCUT2D eigenvalue weighted by Crippen LogP contribution is -2.30. The Bertz CT molecular complexity index is 565. The minimum Gasteiger partial charge on any atom is -0.486 e. The smallest absolute Gasteiger partial charge is 0.335 e. The van der Waals surface area contributed by atoms with E-state index in [1.54, 1.807) is 0 Å². The number of rotatable bonds is 6. The van der Waals surface area contributed by atoms with Gasteiger partial charge in [0, 0.05) is 12.1 Å². The monoisotopic (exact) mass is 283 g/mol. The molecule has 0 atom stereocenters. The second-order valence-corrected chi connectivity index (χ2v) is 4.72. The fourth-order valence-corrected chi connectivity index (χ4v) is 1.23. The van der Waals surface area contributed by atoms with Crippen LogP contribution >= 0.6 is 0 Å². The normalized spacial score (nSPS) is 10.9. The molecule has 0 aromatic heterocycles. The summed E-state index contributed by atoms with van der Waals surface area (Å²) in [4.78, 5) is 31.8. The molecule has 108 valence electrons. The first-order valence-corrected chi connectivity index (χ1v) is 5.53. The maximum atomic E-state index is 10.9. The van der Waals surface area contributed by atoms with Gasteiger partial charge in [-0.05, 0) is 19.9 Å². The molecule has 0 saturated carbocycles. The van der Waals surface area contributed by atoms with E-state index in [-0.39, 0.29) is 17.9 Å². The van der Waals surface area contributed by atoms with Gasteiger partial charge in [0.25, 0.3) is 0 Å². The summed E-state index contributed by atoms with van der Waals surface area (Å²) >= 11 is 0. The van der Waals surface area contributed by atoms with E-state index in [2.05, 4.69) is 0 Å². The summed E-state index contributed by atoms with van der Waals surface area (Å²) in [6.07, 6.45) is 0. The van der Waals surface area contributed by atoms with Gasteiger partial charge in [-0.1, -0.05) is 0 Å². The molecule has 2 N–H and O–H groups in total. The number of carboxylic acids is 2. The highest BCUT2D eigenvalue weighted by Crippen LogP contribution is 2.29. The number of carboxylic acid groups (broad SMARTS) is 2. The molecule has 0 heterocycles. The van der Waals surface area contributed by atoms with Gasteiger partial charge in [-0.3, -0.25) is 14.9 Å². The van der Waals surface area contributed by atoms with Crippen molar-refractivity contribution in [1.29, 1.82) is 0 Å². The van der Waals surface area contributed by atoms with Crippen LogP contribution in [0.2, 0.25) is 0 Å². The van der Waals surface area contributed by atoms with Crippen molar-refractivity contribution < 1.29 is 29.5 Å². The molecule has 0 spiro atoms. The van der Waals surface area contributed by atoms with Gasteiger partial charge < -0.3 is 14.9 Å². The number of carbonyl (C=O) groups is 2. The van der Waals surface area contributed by atoms with Crippen molar-refractivity contribution in [3.05, 3.63) is 33.9 Å². The van der Waals surface area contributed by atoms with Crippen molar-refractivity contribution in [2.24, 2.45) is 5.41 Å². The number of hydrogen-bond acceptors (Lipinski definition) is 5. The van der Waals surface area contributed by atoms with Gasteiger partial charge in [0.15, 0.2) is 5.75 Å². The Balaban J connectivity index is 3.08. The molecule has 0 fully saturated rings. The van der Waals surface area contributed by atoms with Gasteiger partial charge in [-0.15, -0.1) is 0 Å². The third-order valence-corrected chi connectivity index (χ3v) is 2.57. The number of nitro groups is 1.